The van der Waals surface area contributed by atoms with Crippen molar-refractivity contribution in [2.45, 2.75) is 46.5 Å². The van der Waals surface area contributed by atoms with Crippen molar-refractivity contribution in [3.63, 3.8) is 0 Å². The highest BCUT2D eigenvalue weighted by Crippen LogP contribution is 2.57. The first-order valence-electron chi connectivity index (χ1n) is 12.6. The van der Waals surface area contributed by atoms with E-state index in [1.807, 2.05) is 12.3 Å². The van der Waals surface area contributed by atoms with E-state index in [4.69, 9.17) is 4.98 Å². The molecule has 3 aromatic carbocycles. The molecule has 6 rings (SSSR count). The van der Waals surface area contributed by atoms with E-state index in [9.17, 15) is 0 Å². The van der Waals surface area contributed by atoms with Crippen LogP contribution in [0.15, 0.2) is 85.1 Å². The Morgan fingerprint density at radius 2 is 1.20 bits per heavy atom. The Hall–Kier alpha value is -3.73. The predicted molar refractivity (Wildman–Crippen MR) is 149 cm³/mol. The Balaban J connectivity index is 1.69. The average molecular weight is 458 g/mol. The van der Waals surface area contributed by atoms with E-state index in [1.165, 1.54) is 45.1 Å². The summed E-state index contributed by atoms with van der Waals surface area (Å²) in [6.07, 6.45) is 1.89. The molecule has 174 valence electrons. The van der Waals surface area contributed by atoms with Crippen molar-refractivity contribution < 1.29 is 0 Å². The highest BCUT2D eigenvalue weighted by Gasteiger charge is 2.55. The lowest BCUT2D eigenvalue weighted by molar-refractivity contribution is 0.833. The largest absolute Gasteiger partial charge is 0.520 e. The van der Waals surface area contributed by atoms with Crippen LogP contribution < -0.4 is 14.4 Å². The van der Waals surface area contributed by atoms with E-state index in [2.05, 4.69) is 122 Å². The number of hydrogen-bond acceptors (Lipinski definition) is 4. The van der Waals surface area contributed by atoms with Crippen molar-refractivity contribution in [2.75, 3.05) is 14.4 Å². The van der Waals surface area contributed by atoms with Gasteiger partial charge in [-0.3, -0.25) is 0 Å². The first-order valence-corrected chi connectivity index (χ1v) is 12.6. The molecule has 2 aliphatic heterocycles. The minimum atomic E-state index is -0.0733. The minimum Gasteiger partial charge on any atom is -0.343 e. The first kappa shape index (κ1) is 21.8. The third-order valence-corrected chi connectivity index (χ3v) is 7.29. The van der Waals surface area contributed by atoms with Gasteiger partial charge >= 0.3 is 7.12 Å². The molecular weight excluding hydrogens is 427 g/mol. The Kier molecular flexibility index (Phi) is 5.10. The second kappa shape index (κ2) is 8.19. The Labute approximate surface area is 209 Å². The fourth-order valence-corrected chi connectivity index (χ4v) is 5.74. The maximum Gasteiger partial charge on any atom is 0.520 e. The lowest BCUT2D eigenvalue weighted by Crippen LogP contribution is -2.52. The van der Waals surface area contributed by atoms with Crippen LogP contribution >= 0.6 is 0 Å². The summed E-state index contributed by atoms with van der Waals surface area (Å²) in [7, 11) is -0.0733. The molecule has 0 unspecified atom stereocenters. The van der Waals surface area contributed by atoms with Crippen LogP contribution in [0.5, 0.6) is 0 Å². The summed E-state index contributed by atoms with van der Waals surface area (Å²) in [5.41, 5.74) is 10.2. The van der Waals surface area contributed by atoms with Gasteiger partial charge in [0, 0.05) is 11.9 Å². The van der Waals surface area contributed by atoms with Gasteiger partial charge in [0.05, 0.1) is 22.7 Å². The van der Waals surface area contributed by atoms with Gasteiger partial charge < -0.3 is 14.4 Å². The monoisotopic (exact) mass is 458 g/mol. The second-order valence-electron chi connectivity index (χ2n) is 10.2. The molecule has 1 aromatic heterocycles. The van der Waals surface area contributed by atoms with Crippen LogP contribution in [0.3, 0.4) is 0 Å². The van der Waals surface area contributed by atoms with Gasteiger partial charge in [0.1, 0.15) is 5.82 Å². The molecular formula is C30H31BN4. The van der Waals surface area contributed by atoms with Crippen LogP contribution in [-0.2, 0) is 0 Å². The Bertz CT molecular complexity index is 1370. The summed E-state index contributed by atoms with van der Waals surface area (Å²) in [6.45, 7) is 11.4. The number of nitrogens with zero attached hydrogens (tertiary/aromatic N) is 4. The van der Waals surface area contributed by atoms with E-state index >= 15 is 0 Å². The minimum absolute atomic E-state index is 0.0733. The van der Waals surface area contributed by atoms with E-state index < -0.39 is 0 Å². The van der Waals surface area contributed by atoms with E-state index in [0.717, 1.165) is 5.82 Å². The highest BCUT2D eigenvalue weighted by atomic mass is 15.5. The van der Waals surface area contributed by atoms with Gasteiger partial charge in [-0.05, 0) is 65.8 Å². The van der Waals surface area contributed by atoms with Crippen molar-refractivity contribution in [2.24, 2.45) is 0 Å². The quantitative estimate of drug-likeness (QED) is 0.289. The number of para-hydroxylation sites is 4. The number of pyridine rings is 1. The van der Waals surface area contributed by atoms with Gasteiger partial charge in [0.2, 0.25) is 0 Å². The zero-order valence-corrected chi connectivity index (χ0v) is 21.1. The SMILES string of the molecule is Cc1cccc2c1N(c1ccccn1)B1N2c2ccccc2N1c1c(C(C)C)cccc1C(C)C. The first-order chi connectivity index (χ1) is 17.0. The number of fused-ring (bicyclic) bond motifs is 5. The normalized spacial score (nSPS) is 14.1. The Morgan fingerprint density at radius 1 is 0.600 bits per heavy atom. The molecule has 0 fully saturated rings. The average Bonchev–Trinajstić information content (AvgIpc) is 3.37. The summed E-state index contributed by atoms with van der Waals surface area (Å²) in [4.78, 5) is 12.3. The smallest absolute Gasteiger partial charge is 0.343 e. The molecule has 5 heteroatoms. The zero-order chi connectivity index (χ0) is 24.3. The molecule has 4 nitrogen and oxygen atoms in total. The van der Waals surface area contributed by atoms with Crippen LogP contribution in [0, 0.1) is 6.92 Å². The molecule has 0 saturated heterocycles. The molecule has 0 N–H and O–H groups in total. The summed E-state index contributed by atoms with van der Waals surface area (Å²) in [5, 5.41) is 0. The van der Waals surface area contributed by atoms with Crippen LogP contribution in [0.25, 0.3) is 0 Å². The predicted octanol–water partition coefficient (Wildman–Crippen LogP) is 8.06. The van der Waals surface area contributed by atoms with Gasteiger partial charge in [-0.15, -0.1) is 0 Å². The van der Waals surface area contributed by atoms with E-state index in [1.54, 1.807) is 0 Å². The number of benzene rings is 3. The lowest BCUT2D eigenvalue weighted by Gasteiger charge is -2.35. The van der Waals surface area contributed by atoms with Crippen LogP contribution in [-0.4, -0.2) is 12.1 Å². The standard InChI is InChI=1S/C30H31BN4/c1-20(2)23-13-11-14-24(21(3)4)30(23)34-26-16-7-6-15-25(26)33-27-17-10-12-22(5)29(27)35(31(33)34)28-18-8-9-19-32-28/h6-21H,1-5H3. The molecule has 0 bridgehead atoms. The number of anilines is 6. The molecule has 2 aliphatic rings. The maximum absolute atomic E-state index is 4.84. The zero-order valence-electron chi connectivity index (χ0n) is 21.1. The summed E-state index contributed by atoms with van der Waals surface area (Å²) in [6, 6.07) is 28.5. The number of rotatable bonds is 4. The van der Waals surface area contributed by atoms with Crippen LogP contribution in [0.2, 0.25) is 0 Å². The number of aryl methyl sites for hydroxylation is 1. The van der Waals surface area contributed by atoms with Gasteiger partial charge in [0.25, 0.3) is 0 Å². The van der Waals surface area contributed by atoms with Crippen molar-refractivity contribution >= 4 is 41.4 Å². The fourth-order valence-electron chi connectivity index (χ4n) is 5.74. The molecule has 35 heavy (non-hydrogen) atoms. The summed E-state index contributed by atoms with van der Waals surface area (Å²) in [5.74, 6) is 1.76. The van der Waals surface area contributed by atoms with Crippen LogP contribution in [0.1, 0.15) is 56.2 Å². The maximum atomic E-state index is 4.84. The third-order valence-electron chi connectivity index (χ3n) is 7.29. The van der Waals surface area contributed by atoms with E-state index in [0.29, 0.717) is 11.8 Å². The highest BCUT2D eigenvalue weighted by molar-refractivity contribution is 6.80. The molecule has 4 aromatic rings. The van der Waals surface area contributed by atoms with Gasteiger partial charge in [-0.2, -0.15) is 0 Å². The molecule has 0 radical (unpaired) electrons. The van der Waals surface area contributed by atoms with Crippen molar-refractivity contribution in [3.05, 3.63) is 102 Å². The second-order valence-corrected chi connectivity index (χ2v) is 10.2. The molecule has 0 saturated carbocycles. The van der Waals surface area contributed by atoms with Crippen LogP contribution in [0.4, 0.5) is 34.3 Å². The van der Waals surface area contributed by atoms with Crippen molar-refractivity contribution in [1.29, 1.82) is 0 Å². The number of hydrogen-bond donors (Lipinski definition) is 0. The van der Waals surface area contributed by atoms with Gasteiger partial charge in [0.15, 0.2) is 0 Å². The van der Waals surface area contributed by atoms with Gasteiger partial charge in [-0.25, -0.2) is 4.98 Å². The summed E-state index contributed by atoms with van der Waals surface area (Å²) >= 11 is 0. The molecule has 0 spiro atoms. The van der Waals surface area contributed by atoms with Crippen molar-refractivity contribution in [3.8, 4) is 0 Å². The molecule has 3 heterocycles. The Morgan fingerprint density at radius 3 is 1.83 bits per heavy atom. The molecule has 0 atom stereocenters. The third kappa shape index (κ3) is 3.18. The summed E-state index contributed by atoms with van der Waals surface area (Å²) < 4.78 is 0. The molecule has 0 aliphatic carbocycles. The number of aromatic nitrogens is 1. The van der Waals surface area contributed by atoms with Gasteiger partial charge in [-0.1, -0.05) is 76.2 Å². The topological polar surface area (TPSA) is 22.6 Å². The van der Waals surface area contributed by atoms with Crippen molar-refractivity contribution in [1.82, 2.24) is 4.98 Å². The fraction of sp³-hybridized carbons (Fsp3) is 0.233. The van der Waals surface area contributed by atoms with E-state index in [-0.39, 0.29) is 7.12 Å². The lowest BCUT2D eigenvalue weighted by atomic mass is 9.82. The molecule has 0 amide bonds.